The molecular formula is C18H25F3N4O. The number of ether oxygens (including phenoxy) is 1. The van der Waals surface area contributed by atoms with Crippen molar-refractivity contribution in [3.8, 4) is 5.75 Å². The number of aliphatic imine (C=N–C) groups is 1. The van der Waals surface area contributed by atoms with Gasteiger partial charge in [0, 0.05) is 44.3 Å². The third-order valence-electron chi connectivity index (χ3n) is 4.88. The highest BCUT2D eigenvalue weighted by atomic mass is 19.3. The van der Waals surface area contributed by atoms with Crippen LogP contribution in [0.1, 0.15) is 31.2 Å². The Morgan fingerprint density at radius 1 is 1.27 bits per heavy atom. The predicted octanol–water partition coefficient (Wildman–Crippen LogP) is 2.72. The Kier molecular flexibility index (Phi) is 6.24. The summed E-state index contributed by atoms with van der Waals surface area (Å²) in [5, 5.41) is 6.33. The second-order valence-electron chi connectivity index (χ2n) is 6.71. The molecule has 0 spiro atoms. The summed E-state index contributed by atoms with van der Waals surface area (Å²) in [6.07, 6.45) is 4.67. The maximum Gasteiger partial charge on any atom is 0.387 e. The predicted molar refractivity (Wildman–Crippen MR) is 94.0 cm³/mol. The van der Waals surface area contributed by atoms with Crippen molar-refractivity contribution in [1.29, 1.82) is 0 Å². The highest BCUT2D eigenvalue weighted by Crippen LogP contribution is 2.29. The van der Waals surface area contributed by atoms with Gasteiger partial charge in [0.15, 0.2) is 5.96 Å². The summed E-state index contributed by atoms with van der Waals surface area (Å²) in [5.74, 6) is -0.231. The molecule has 1 aromatic carbocycles. The summed E-state index contributed by atoms with van der Waals surface area (Å²) >= 11 is 0. The molecule has 3 rings (SSSR count). The van der Waals surface area contributed by atoms with Crippen LogP contribution in [0.3, 0.4) is 0 Å². The average Bonchev–Trinajstić information content (AvgIpc) is 3.45. The molecule has 0 atom stereocenters. The SMILES string of the molecule is CN=C(NCc1c(F)cccc1OC(F)F)NC1CCN(C2CC2)CC1. The Hall–Kier alpha value is -1.96. The van der Waals surface area contributed by atoms with Crippen molar-refractivity contribution in [1.82, 2.24) is 15.5 Å². The van der Waals surface area contributed by atoms with Gasteiger partial charge >= 0.3 is 6.61 Å². The number of rotatable bonds is 6. The van der Waals surface area contributed by atoms with E-state index in [-0.39, 0.29) is 17.9 Å². The number of likely N-dealkylation sites (tertiary alicyclic amines) is 1. The fourth-order valence-corrected chi connectivity index (χ4v) is 3.33. The van der Waals surface area contributed by atoms with Crippen LogP contribution in [0.5, 0.6) is 5.75 Å². The lowest BCUT2D eigenvalue weighted by molar-refractivity contribution is -0.0506. The first-order chi connectivity index (χ1) is 12.6. The highest BCUT2D eigenvalue weighted by molar-refractivity contribution is 5.80. The molecule has 1 aliphatic carbocycles. The second kappa shape index (κ2) is 8.62. The molecule has 1 aromatic rings. The van der Waals surface area contributed by atoms with Crippen molar-refractivity contribution in [3.05, 3.63) is 29.6 Å². The highest BCUT2D eigenvalue weighted by Gasteiger charge is 2.31. The molecule has 1 aliphatic heterocycles. The third-order valence-corrected chi connectivity index (χ3v) is 4.88. The van der Waals surface area contributed by atoms with Gasteiger partial charge in [-0.1, -0.05) is 6.07 Å². The van der Waals surface area contributed by atoms with Gasteiger partial charge in [0.25, 0.3) is 0 Å². The molecule has 2 fully saturated rings. The Balaban J connectivity index is 1.53. The number of alkyl halides is 2. The zero-order valence-corrected chi connectivity index (χ0v) is 14.9. The van der Waals surface area contributed by atoms with E-state index in [9.17, 15) is 13.2 Å². The normalized spacial score (nSPS) is 19.7. The van der Waals surface area contributed by atoms with Crippen LogP contribution in [0.4, 0.5) is 13.2 Å². The van der Waals surface area contributed by atoms with E-state index in [4.69, 9.17) is 0 Å². The first-order valence-corrected chi connectivity index (χ1v) is 9.00. The first kappa shape index (κ1) is 18.8. The number of nitrogens with zero attached hydrogens (tertiary/aromatic N) is 2. The van der Waals surface area contributed by atoms with Gasteiger partial charge in [0.2, 0.25) is 0 Å². The van der Waals surface area contributed by atoms with E-state index >= 15 is 0 Å². The van der Waals surface area contributed by atoms with E-state index in [2.05, 4.69) is 25.3 Å². The van der Waals surface area contributed by atoms with E-state index in [1.807, 2.05) is 0 Å². The van der Waals surface area contributed by atoms with Crippen LogP contribution < -0.4 is 15.4 Å². The van der Waals surface area contributed by atoms with E-state index < -0.39 is 12.4 Å². The van der Waals surface area contributed by atoms with Crippen molar-refractivity contribution >= 4 is 5.96 Å². The zero-order chi connectivity index (χ0) is 18.5. The topological polar surface area (TPSA) is 48.9 Å². The van der Waals surface area contributed by atoms with Gasteiger partial charge in [-0.2, -0.15) is 8.78 Å². The molecule has 2 N–H and O–H groups in total. The summed E-state index contributed by atoms with van der Waals surface area (Å²) in [6, 6.07) is 4.98. The number of nitrogens with one attached hydrogen (secondary N) is 2. The summed E-state index contributed by atoms with van der Waals surface area (Å²) in [7, 11) is 1.63. The summed E-state index contributed by atoms with van der Waals surface area (Å²) < 4.78 is 43.4. The molecule has 1 heterocycles. The minimum atomic E-state index is -3.00. The molecule has 2 aliphatic rings. The molecule has 0 radical (unpaired) electrons. The lowest BCUT2D eigenvalue weighted by Gasteiger charge is -2.33. The minimum Gasteiger partial charge on any atom is -0.434 e. The Labute approximate surface area is 151 Å². The average molecular weight is 370 g/mol. The fourth-order valence-electron chi connectivity index (χ4n) is 3.33. The van der Waals surface area contributed by atoms with Gasteiger partial charge in [-0.15, -0.1) is 0 Å². The standard InChI is InChI=1S/C18H25F3N4O/c1-22-18(24-12-7-9-25(10-8-12)13-5-6-13)23-11-14-15(19)3-2-4-16(14)26-17(20)21/h2-4,12-13,17H,5-11H2,1H3,(H2,22,23,24). The van der Waals surface area contributed by atoms with Crippen LogP contribution in [-0.4, -0.2) is 49.7 Å². The molecule has 1 saturated carbocycles. The molecule has 26 heavy (non-hydrogen) atoms. The summed E-state index contributed by atoms with van der Waals surface area (Å²) in [6.45, 7) is -0.850. The molecule has 0 bridgehead atoms. The van der Waals surface area contributed by atoms with E-state index in [0.717, 1.165) is 32.0 Å². The monoisotopic (exact) mass is 370 g/mol. The van der Waals surface area contributed by atoms with E-state index in [1.54, 1.807) is 7.05 Å². The molecule has 144 valence electrons. The quantitative estimate of drug-likeness (QED) is 0.597. The Bertz CT molecular complexity index is 629. The molecule has 5 nitrogen and oxygen atoms in total. The number of benzene rings is 1. The van der Waals surface area contributed by atoms with Crippen LogP contribution in [0.25, 0.3) is 0 Å². The van der Waals surface area contributed by atoms with Crippen LogP contribution in [-0.2, 0) is 6.54 Å². The van der Waals surface area contributed by atoms with E-state index in [0.29, 0.717) is 12.0 Å². The van der Waals surface area contributed by atoms with Crippen molar-refractivity contribution < 1.29 is 17.9 Å². The minimum absolute atomic E-state index is 0.00925. The Morgan fingerprint density at radius 2 is 2.00 bits per heavy atom. The van der Waals surface area contributed by atoms with Gasteiger partial charge in [-0.05, 0) is 37.8 Å². The number of guanidine groups is 1. The largest absolute Gasteiger partial charge is 0.434 e. The Morgan fingerprint density at radius 3 is 2.62 bits per heavy atom. The molecule has 8 heteroatoms. The van der Waals surface area contributed by atoms with Gasteiger partial charge < -0.3 is 20.3 Å². The molecule has 0 unspecified atom stereocenters. The van der Waals surface area contributed by atoms with Crippen LogP contribution in [0.15, 0.2) is 23.2 Å². The maximum atomic E-state index is 14.0. The summed E-state index contributed by atoms with van der Waals surface area (Å²) in [5.41, 5.74) is 0.0549. The number of piperidine rings is 1. The van der Waals surface area contributed by atoms with Crippen molar-refractivity contribution in [2.24, 2.45) is 4.99 Å². The van der Waals surface area contributed by atoms with Gasteiger partial charge in [-0.25, -0.2) is 4.39 Å². The maximum absolute atomic E-state index is 14.0. The third kappa shape index (κ3) is 5.03. The smallest absolute Gasteiger partial charge is 0.387 e. The van der Waals surface area contributed by atoms with Gasteiger partial charge in [-0.3, -0.25) is 4.99 Å². The first-order valence-electron chi connectivity index (χ1n) is 9.00. The van der Waals surface area contributed by atoms with Crippen molar-refractivity contribution in [3.63, 3.8) is 0 Å². The second-order valence-corrected chi connectivity index (χ2v) is 6.71. The lowest BCUT2D eigenvalue weighted by atomic mass is 10.1. The van der Waals surface area contributed by atoms with Crippen LogP contribution in [0.2, 0.25) is 0 Å². The number of halogens is 3. The number of hydrogen-bond acceptors (Lipinski definition) is 3. The van der Waals surface area contributed by atoms with Crippen LogP contribution in [0, 0.1) is 5.82 Å². The molecular weight excluding hydrogens is 345 g/mol. The molecule has 0 aromatic heterocycles. The molecule has 0 amide bonds. The van der Waals surface area contributed by atoms with Crippen LogP contribution >= 0.6 is 0 Å². The van der Waals surface area contributed by atoms with Gasteiger partial charge in [0.1, 0.15) is 11.6 Å². The lowest BCUT2D eigenvalue weighted by Crippen LogP contribution is -2.48. The number of hydrogen-bond donors (Lipinski definition) is 2. The van der Waals surface area contributed by atoms with E-state index in [1.165, 1.54) is 31.0 Å². The van der Waals surface area contributed by atoms with Crippen molar-refractivity contribution in [2.45, 2.75) is 50.9 Å². The van der Waals surface area contributed by atoms with Gasteiger partial charge in [0.05, 0.1) is 0 Å². The zero-order valence-electron chi connectivity index (χ0n) is 14.9. The van der Waals surface area contributed by atoms with Crippen molar-refractivity contribution in [2.75, 3.05) is 20.1 Å². The fraction of sp³-hybridized carbons (Fsp3) is 0.611. The summed E-state index contributed by atoms with van der Waals surface area (Å²) in [4.78, 5) is 6.68. The molecule has 1 saturated heterocycles.